The Kier molecular flexibility index (Phi) is 5.76. The minimum absolute atomic E-state index is 0.0462. The van der Waals surface area contributed by atoms with Gasteiger partial charge in [-0.05, 0) is 37.4 Å². The molecule has 2 rings (SSSR count). The zero-order chi connectivity index (χ0) is 16.8. The van der Waals surface area contributed by atoms with Gasteiger partial charge in [-0.3, -0.25) is 4.79 Å². The average Bonchev–Trinajstić information content (AvgIpc) is 2.56. The van der Waals surface area contributed by atoms with Gasteiger partial charge in [0.2, 0.25) is 0 Å². The molecule has 0 aliphatic rings. The van der Waals surface area contributed by atoms with Crippen molar-refractivity contribution in [2.45, 2.75) is 17.9 Å². The molecular formula is C17H16FNO3S. The quantitative estimate of drug-likeness (QED) is 0.669. The van der Waals surface area contributed by atoms with Crippen LogP contribution in [0.4, 0.5) is 10.1 Å². The second-order valence-electron chi connectivity index (χ2n) is 4.72. The summed E-state index contributed by atoms with van der Waals surface area (Å²) in [4.78, 5) is 25.0. The molecule has 0 saturated carbocycles. The van der Waals surface area contributed by atoms with Gasteiger partial charge in [-0.1, -0.05) is 24.3 Å². The third kappa shape index (κ3) is 4.32. The number of thioether (sulfide) groups is 1. The fraction of sp³-hybridized carbons (Fsp3) is 0.176. The van der Waals surface area contributed by atoms with Crippen molar-refractivity contribution in [3.8, 4) is 0 Å². The topological polar surface area (TPSA) is 55.4 Å². The Bertz CT molecular complexity index is 720. The van der Waals surface area contributed by atoms with Crippen molar-refractivity contribution in [2.24, 2.45) is 0 Å². The first-order valence-corrected chi connectivity index (χ1v) is 8.14. The van der Waals surface area contributed by atoms with E-state index in [-0.39, 0.29) is 5.69 Å². The van der Waals surface area contributed by atoms with Gasteiger partial charge < -0.3 is 10.1 Å². The van der Waals surface area contributed by atoms with Gasteiger partial charge in [0.15, 0.2) is 6.10 Å². The van der Waals surface area contributed by atoms with Gasteiger partial charge >= 0.3 is 5.97 Å². The zero-order valence-corrected chi connectivity index (χ0v) is 13.5. The Hall–Kier alpha value is -2.34. The Labute approximate surface area is 138 Å². The first-order valence-electron chi connectivity index (χ1n) is 6.92. The molecule has 0 heterocycles. The molecule has 1 amide bonds. The van der Waals surface area contributed by atoms with Gasteiger partial charge in [-0.25, -0.2) is 9.18 Å². The highest BCUT2D eigenvalue weighted by atomic mass is 32.2. The summed E-state index contributed by atoms with van der Waals surface area (Å²) < 4.78 is 18.7. The summed E-state index contributed by atoms with van der Waals surface area (Å²) in [5.74, 6) is -1.73. The lowest BCUT2D eigenvalue weighted by atomic mass is 10.2. The fourth-order valence-electron chi connectivity index (χ4n) is 1.89. The summed E-state index contributed by atoms with van der Waals surface area (Å²) in [5.41, 5.74) is 0.440. The number of hydrogen-bond acceptors (Lipinski definition) is 4. The van der Waals surface area contributed by atoms with Crippen molar-refractivity contribution in [3.63, 3.8) is 0 Å². The van der Waals surface area contributed by atoms with Crippen LogP contribution in [0.3, 0.4) is 0 Å². The van der Waals surface area contributed by atoms with E-state index in [4.69, 9.17) is 4.74 Å². The van der Waals surface area contributed by atoms with Gasteiger partial charge in [0.05, 0.1) is 11.3 Å². The average molecular weight is 333 g/mol. The molecule has 4 nitrogen and oxygen atoms in total. The first kappa shape index (κ1) is 17.0. The van der Waals surface area contributed by atoms with Crippen molar-refractivity contribution in [1.29, 1.82) is 0 Å². The normalized spacial score (nSPS) is 11.6. The van der Waals surface area contributed by atoms with Crippen molar-refractivity contribution in [1.82, 2.24) is 0 Å². The van der Waals surface area contributed by atoms with Crippen molar-refractivity contribution >= 4 is 29.3 Å². The van der Waals surface area contributed by atoms with Gasteiger partial charge in [-0.2, -0.15) is 0 Å². The molecule has 0 aliphatic heterocycles. The number of nitrogens with one attached hydrogen (secondary N) is 1. The van der Waals surface area contributed by atoms with Crippen LogP contribution in [-0.2, 0) is 9.53 Å². The molecular weight excluding hydrogens is 317 g/mol. The van der Waals surface area contributed by atoms with Crippen LogP contribution < -0.4 is 5.32 Å². The number of carbonyl (C=O) groups is 2. The van der Waals surface area contributed by atoms with Gasteiger partial charge in [0.1, 0.15) is 5.82 Å². The lowest BCUT2D eigenvalue weighted by Crippen LogP contribution is -2.30. The molecule has 0 spiro atoms. The molecule has 0 radical (unpaired) electrons. The molecule has 0 bridgehead atoms. The summed E-state index contributed by atoms with van der Waals surface area (Å²) in [7, 11) is 0. The van der Waals surface area contributed by atoms with Gasteiger partial charge in [-0.15, -0.1) is 11.8 Å². The third-order valence-corrected chi connectivity index (χ3v) is 3.91. The Balaban J connectivity index is 2.03. The Morgan fingerprint density at radius 3 is 2.48 bits per heavy atom. The van der Waals surface area contributed by atoms with E-state index in [1.807, 2.05) is 12.3 Å². The van der Waals surface area contributed by atoms with Crippen LogP contribution in [0.15, 0.2) is 53.4 Å². The molecule has 0 fully saturated rings. The highest BCUT2D eigenvalue weighted by Crippen LogP contribution is 2.21. The van der Waals surface area contributed by atoms with Crippen LogP contribution in [-0.4, -0.2) is 24.2 Å². The van der Waals surface area contributed by atoms with Crippen LogP contribution in [0, 0.1) is 5.82 Å². The van der Waals surface area contributed by atoms with Crippen molar-refractivity contribution in [3.05, 3.63) is 59.9 Å². The minimum atomic E-state index is -1.04. The number of rotatable bonds is 5. The number of carbonyl (C=O) groups excluding carboxylic acids is 2. The smallest absolute Gasteiger partial charge is 0.340 e. The highest BCUT2D eigenvalue weighted by molar-refractivity contribution is 7.98. The number of halogens is 1. The minimum Gasteiger partial charge on any atom is -0.449 e. The van der Waals surface area contributed by atoms with Gasteiger partial charge in [0.25, 0.3) is 5.91 Å². The molecule has 23 heavy (non-hydrogen) atoms. The second kappa shape index (κ2) is 7.78. The summed E-state index contributed by atoms with van der Waals surface area (Å²) in [6.07, 6.45) is 0.803. The van der Waals surface area contributed by atoms with E-state index >= 15 is 0 Å². The summed E-state index contributed by atoms with van der Waals surface area (Å²) in [5, 5.41) is 2.40. The molecule has 1 atom stereocenters. The number of amides is 1. The Morgan fingerprint density at radius 1 is 1.13 bits per heavy atom. The summed E-state index contributed by atoms with van der Waals surface area (Å²) in [6.45, 7) is 1.44. The van der Waals surface area contributed by atoms with Crippen LogP contribution in [0.1, 0.15) is 17.3 Å². The number of benzene rings is 2. The monoisotopic (exact) mass is 333 g/mol. The predicted molar refractivity (Wildman–Crippen MR) is 88.1 cm³/mol. The van der Waals surface area contributed by atoms with E-state index in [1.54, 1.807) is 24.3 Å². The molecule has 2 aromatic carbocycles. The van der Waals surface area contributed by atoms with Crippen LogP contribution in [0.5, 0.6) is 0 Å². The van der Waals surface area contributed by atoms with Crippen LogP contribution in [0.25, 0.3) is 0 Å². The SMILES string of the molecule is CSc1ccccc1C(=O)O[C@H](C)C(=O)Nc1ccccc1F. The molecule has 0 saturated heterocycles. The first-order chi connectivity index (χ1) is 11.0. The van der Waals surface area contributed by atoms with E-state index < -0.39 is 23.8 Å². The maximum absolute atomic E-state index is 13.5. The predicted octanol–water partition coefficient (Wildman–Crippen LogP) is 3.73. The molecule has 2 aromatic rings. The number of ether oxygens (including phenoxy) is 1. The van der Waals surface area contributed by atoms with E-state index in [0.29, 0.717) is 5.56 Å². The maximum atomic E-state index is 13.5. The standard InChI is InChI=1S/C17H16FNO3S/c1-11(16(20)19-14-9-5-4-8-13(14)18)22-17(21)12-7-3-6-10-15(12)23-2/h3-11H,1-2H3,(H,19,20)/t11-/m1/s1. The third-order valence-electron chi connectivity index (χ3n) is 3.11. The molecule has 0 aromatic heterocycles. The van der Waals surface area contributed by atoms with E-state index in [1.165, 1.54) is 36.9 Å². The fourth-order valence-corrected chi connectivity index (χ4v) is 2.47. The summed E-state index contributed by atoms with van der Waals surface area (Å²) >= 11 is 1.41. The Morgan fingerprint density at radius 2 is 1.78 bits per heavy atom. The summed E-state index contributed by atoms with van der Waals surface area (Å²) in [6, 6.07) is 12.8. The molecule has 6 heteroatoms. The van der Waals surface area contributed by atoms with Crippen LogP contribution in [0.2, 0.25) is 0 Å². The van der Waals surface area contributed by atoms with Gasteiger partial charge in [0, 0.05) is 4.90 Å². The maximum Gasteiger partial charge on any atom is 0.340 e. The molecule has 120 valence electrons. The molecule has 0 aliphatic carbocycles. The second-order valence-corrected chi connectivity index (χ2v) is 5.56. The van der Waals surface area contributed by atoms with Crippen LogP contribution >= 0.6 is 11.8 Å². The van der Waals surface area contributed by atoms with E-state index in [2.05, 4.69) is 5.32 Å². The number of anilines is 1. The highest BCUT2D eigenvalue weighted by Gasteiger charge is 2.21. The number of para-hydroxylation sites is 1. The van der Waals surface area contributed by atoms with Crippen molar-refractivity contribution < 1.29 is 18.7 Å². The lowest BCUT2D eigenvalue weighted by molar-refractivity contribution is -0.123. The van der Waals surface area contributed by atoms with E-state index in [9.17, 15) is 14.0 Å². The van der Waals surface area contributed by atoms with Crippen molar-refractivity contribution in [2.75, 3.05) is 11.6 Å². The molecule has 1 N–H and O–H groups in total. The largest absolute Gasteiger partial charge is 0.449 e. The number of esters is 1. The van der Waals surface area contributed by atoms with E-state index in [0.717, 1.165) is 4.90 Å². The lowest BCUT2D eigenvalue weighted by Gasteiger charge is -2.15. The zero-order valence-electron chi connectivity index (χ0n) is 12.7. The number of hydrogen-bond donors (Lipinski definition) is 1. The molecule has 0 unspecified atom stereocenters.